The Bertz CT molecular complexity index is 583. The molecule has 1 N–H and O–H groups in total. The van der Waals surface area contributed by atoms with Gasteiger partial charge < -0.3 is 5.32 Å². The van der Waals surface area contributed by atoms with Crippen LogP contribution in [0.5, 0.6) is 0 Å². The van der Waals surface area contributed by atoms with Gasteiger partial charge in [-0.15, -0.1) is 0 Å². The summed E-state index contributed by atoms with van der Waals surface area (Å²) in [6.07, 6.45) is 2.98. The number of unbranched alkanes of at least 4 members (excludes halogenated alkanes) is 1. The average molecular weight is 285 g/mol. The number of halogens is 1. The molecular formula is C18H20FNO. The lowest BCUT2D eigenvalue weighted by Gasteiger charge is -2.19. The molecule has 0 aliphatic rings. The molecule has 0 aromatic heterocycles. The van der Waals surface area contributed by atoms with Crippen molar-refractivity contribution in [2.24, 2.45) is 0 Å². The third-order valence-electron chi connectivity index (χ3n) is 3.44. The zero-order valence-electron chi connectivity index (χ0n) is 12.2. The number of benzene rings is 2. The summed E-state index contributed by atoms with van der Waals surface area (Å²) in [4.78, 5) is 12.3. The molecule has 0 saturated carbocycles. The molecule has 3 heteroatoms. The lowest BCUT2D eigenvalue weighted by Crippen LogP contribution is -2.28. The number of hydrogen-bond acceptors (Lipinski definition) is 1. The molecule has 0 radical (unpaired) electrons. The minimum Gasteiger partial charge on any atom is -0.345 e. The summed E-state index contributed by atoms with van der Waals surface area (Å²) in [6, 6.07) is 15.6. The Balaban J connectivity index is 2.13. The fraction of sp³-hybridized carbons (Fsp3) is 0.278. The first-order chi connectivity index (χ1) is 10.2. The minimum atomic E-state index is -0.396. The Hall–Kier alpha value is -2.16. The maximum atomic E-state index is 13.2. The van der Waals surface area contributed by atoms with Crippen LogP contribution >= 0.6 is 0 Å². The van der Waals surface area contributed by atoms with E-state index in [1.54, 1.807) is 12.1 Å². The number of amides is 1. The van der Waals surface area contributed by atoms with E-state index in [1.165, 1.54) is 12.1 Å². The van der Waals surface area contributed by atoms with E-state index in [-0.39, 0.29) is 11.9 Å². The van der Waals surface area contributed by atoms with Gasteiger partial charge >= 0.3 is 0 Å². The number of rotatable bonds is 6. The normalized spacial score (nSPS) is 11.9. The lowest BCUT2D eigenvalue weighted by molar-refractivity contribution is 0.0933. The van der Waals surface area contributed by atoms with Crippen LogP contribution in [0, 0.1) is 5.82 Å². The zero-order chi connectivity index (χ0) is 15.1. The van der Waals surface area contributed by atoms with Gasteiger partial charge in [-0.2, -0.15) is 0 Å². The number of hydrogen-bond donors (Lipinski definition) is 1. The Morgan fingerprint density at radius 3 is 2.57 bits per heavy atom. The van der Waals surface area contributed by atoms with Crippen LogP contribution in [-0.4, -0.2) is 5.91 Å². The van der Waals surface area contributed by atoms with Crippen molar-refractivity contribution >= 4 is 5.91 Å². The van der Waals surface area contributed by atoms with Crippen molar-refractivity contribution < 1.29 is 9.18 Å². The highest BCUT2D eigenvalue weighted by Gasteiger charge is 2.15. The largest absolute Gasteiger partial charge is 0.345 e. The summed E-state index contributed by atoms with van der Waals surface area (Å²) in [7, 11) is 0. The summed E-state index contributed by atoms with van der Waals surface area (Å²) in [5, 5.41) is 3.01. The van der Waals surface area contributed by atoms with Crippen molar-refractivity contribution in [1.29, 1.82) is 0 Å². The fourth-order valence-electron chi connectivity index (χ4n) is 2.29. The monoisotopic (exact) mass is 285 g/mol. The summed E-state index contributed by atoms with van der Waals surface area (Å²) >= 11 is 0. The van der Waals surface area contributed by atoms with Gasteiger partial charge in [-0.25, -0.2) is 4.39 Å². The van der Waals surface area contributed by atoms with E-state index in [1.807, 2.05) is 30.3 Å². The molecule has 0 unspecified atom stereocenters. The van der Waals surface area contributed by atoms with Crippen LogP contribution in [0.15, 0.2) is 54.6 Å². The van der Waals surface area contributed by atoms with Crippen molar-refractivity contribution in [3.8, 4) is 0 Å². The first kappa shape index (κ1) is 15.2. The Kier molecular flexibility index (Phi) is 5.50. The predicted molar refractivity (Wildman–Crippen MR) is 82.6 cm³/mol. The van der Waals surface area contributed by atoms with E-state index in [0.717, 1.165) is 24.8 Å². The number of carbonyl (C=O) groups is 1. The molecule has 0 bridgehead atoms. The first-order valence-electron chi connectivity index (χ1n) is 7.32. The van der Waals surface area contributed by atoms with Crippen LogP contribution in [0.1, 0.15) is 48.1 Å². The lowest BCUT2D eigenvalue weighted by atomic mass is 10.0. The summed E-state index contributed by atoms with van der Waals surface area (Å²) in [5.74, 6) is -0.632. The van der Waals surface area contributed by atoms with Gasteiger partial charge in [0.2, 0.25) is 0 Å². The zero-order valence-corrected chi connectivity index (χ0v) is 12.2. The van der Waals surface area contributed by atoms with E-state index < -0.39 is 5.82 Å². The van der Waals surface area contributed by atoms with Crippen LogP contribution in [-0.2, 0) is 0 Å². The molecule has 0 saturated heterocycles. The molecule has 0 spiro atoms. The standard InChI is InChI=1S/C18H20FNO/c1-2-3-12-17(14-8-5-4-6-9-14)20-18(21)15-10-7-11-16(19)13-15/h4-11,13,17H,2-3,12H2,1H3,(H,20,21)/t17-/m0/s1. The minimum absolute atomic E-state index is 0.0399. The third kappa shape index (κ3) is 4.42. The summed E-state index contributed by atoms with van der Waals surface area (Å²) in [6.45, 7) is 2.12. The Morgan fingerprint density at radius 2 is 1.90 bits per heavy atom. The Labute approximate surface area is 125 Å². The summed E-state index contributed by atoms with van der Waals surface area (Å²) < 4.78 is 13.2. The van der Waals surface area contributed by atoms with E-state index in [9.17, 15) is 9.18 Å². The van der Waals surface area contributed by atoms with Crippen LogP contribution in [0.2, 0.25) is 0 Å². The second-order valence-electron chi connectivity index (χ2n) is 5.09. The molecule has 110 valence electrons. The van der Waals surface area contributed by atoms with Crippen LogP contribution in [0.25, 0.3) is 0 Å². The molecule has 2 nitrogen and oxygen atoms in total. The molecule has 0 aliphatic carbocycles. The SMILES string of the molecule is CCCC[C@H](NC(=O)c1cccc(F)c1)c1ccccc1. The van der Waals surface area contributed by atoms with Crippen LogP contribution in [0.4, 0.5) is 4.39 Å². The van der Waals surface area contributed by atoms with E-state index >= 15 is 0 Å². The third-order valence-corrected chi connectivity index (χ3v) is 3.44. The van der Waals surface area contributed by atoms with Crippen LogP contribution in [0.3, 0.4) is 0 Å². The van der Waals surface area contributed by atoms with Gasteiger partial charge in [-0.3, -0.25) is 4.79 Å². The number of nitrogens with one attached hydrogen (secondary N) is 1. The van der Waals surface area contributed by atoms with Gasteiger partial charge in [0.05, 0.1) is 6.04 Å². The molecular weight excluding hydrogens is 265 g/mol. The fourth-order valence-corrected chi connectivity index (χ4v) is 2.29. The Morgan fingerprint density at radius 1 is 1.14 bits per heavy atom. The predicted octanol–water partition coefficient (Wildman–Crippen LogP) is 4.49. The number of carbonyl (C=O) groups excluding carboxylic acids is 1. The molecule has 1 atom stereocenters. The van der Waals surface area contributed by atoms with Crippen molar-refractivity contribution in [3.63, 3.8) is 0 Å². The second kappa shape index (κ2) is 7.58. The molecule has 2 aromatic carbocycles. The topological polar surface area (TPSA) is 29.1 Å². The molecule has 0 heterocycles. The first-order valence-corrected chi connectivity index (χ1v) is 7.32. The molecule has 2 rings (SSSR count). The van der Waals surface area contributed by atoms with Gasteiger partial charge in [-0.1, -0.05) is 56.2 Å². The smallest absolute Gasteiger partial charge is 0.251 e. The van der Waals surface area contributed by atoms with Crippen molar-refractivity contribution in [2.45, 2.75) is 32.2 Å². The maximum Gasteiger partial charge on any atom is 0.251 e. The van der Waals surface area contributed by atoms with E-state index in [4.69, 9.17) is 0 Å². The molecule has 2 aromatic rings. The van der Waals surface area contributed by atoms with Crippen molar-refractivity contribution in [3.05, 3.63) is 71.5 Å². The van der Waals surface area contributed by atoms with Gasteiger partial charge in [0.1, 0.15) is 5.82 Å². The second-order valence-corrected chi connectivity index (χ2v) is 5.09. The highest BCUT2D eigenvalue weighted by molar-refractivity contribution is 5.94. The highest BCUT2D eigenvalue weighted by Crippen LogP contribution is 2.20. The maximum absolute atomic E-state index is 13.2. The van der Waals surface area contributed by atoms with Crippen LogP contribution < -0.4 is 5.32 Å². The van der Waals surface area contributed by atoms with Gasteiger partial charge in [0.25, 0.3) is 5.91 Å². The summed E-state index contributed by atoms with van der Waals surface area (Å²) in [5.41, 5.74) is 1.43. The van der Waals surface area contributed by atoms with E-state index in [2.05, 4.69) is 12.2 Å². The average Bonchev–Trinajstić information content (AvgIpc) is 2.52. The van der Waals surface area contributed by atoms with E-state index in [0.29, 0.717) is 5.56 Å². The van der Waals surface area contributed by atoms with Gasteiger partial charge in [0.15, 0.2) is 0 Å². The quantitative estimate of drug-likeness (QED) is 0.832. The van der Waals surface area contributed by atoms with Crippen molar-refractivity contribution in [1.82, 2.24) is 5.32 Å². The molecule has 21 heavy (non-hydrogen) atoms. The highest BCUT2D eigenvalue weighted by atomic mass is 19.1. The molecule has 1 amide bonds. The van der Waals surface area contributed by atoms with Gasteiger partial charge in [0, 0.05) is 5.56 Å². The van der Waals surface area contributed by atoms with Gasteiger partial charge in [-0.05, 0) is 30.2 Å². The van der Waals surface area contributed by atoms with Crippen molar-refractivity contribution in [2.75, 3.05) is 0 Å². The molecule has 0 aliphatic heterocycles. The molecule has 0 fully saturated rings.